The molecule has 0 radical (unpaired) electrons. The Morgan fingerprint density at radius 2 is 1.78 bits per heavy atom. The molecule has 0 aromatic heterocycles. The Hall–Kier alpha value is -1.54. The van der Waals surface area contributed by atoms with Gasteiger partial charge in [-0.2, -0.15) is 0 Å². The van der Waals surface area contributed by atoms with Crippen LogP contribution in [-0.4, -0.2) is 41.7 Å². The second kappa shape index (κ2) is 6.41. The van der Waals surface area contributed by atoms with E-state index in [4.69, 9.17) is 9.47 Å². The van der Waals surface area contributed by atoms with Crippen LogP contribution in [0.1, 0.15) is 11.7 Å². The summed E-state index contributed by atoms with van der Waals surface area (Å²) in [4.78, 5) is 10.2. The third kappa shape index (κ3) is 3.02. The first-order valence-corrected chi connectivity index (χ1v) is 5.18. The molecule has 2 atom stereocenters. The van der Waals surface area contributed by atoms with Crippen molar-refractivity contribution >= 4 is 5.69 Å². The van der Waals surface area contributed by atoms with Crippen molar-refractivity contribution in [2.75, 3.05) is 14.2 Å². The van der Waals surface area contributed by atoms with Gasteiger partial charge in [0.1, 0.15) is 12.2 Å². The van der Waals surface area contributed by atoms with Crippen molar-refractivity contribution in [1.29, 1.82) is 0 Å². The van der Waals surface area contributed by atoms with E-state index in [9.17, 15) is 20.3 Å². The van der Waals surface area contributed by atoms with Crippen molar-refractivity contribution in [1.82, 2.24) is 0 Å². The Kier molecular flexibility index (Phi) is 5.17. The second-order valence-corrected chi connectivity index (χ2v) is 3.59. The molecule has 0 aliphatic carbocycles. The van der Waals surface area contributed by atoms with Crippen LogP contribution < -0.4 is 0 Å². The normalized spacial score (nSPS) is 14.5. The fraction of sp³-hybridized carbons (Fsp3) is 0.455. The first-order chi connectivity index (χ1) is 8.52. The van der Waals surface area contributed by atoms with Crippen molar-refractivity contribution in [2.45, 2.75) is 18.5 Å². The standard InChI is InChI=1S/C11H15NO6/c1-17-11(18-2)10(14)9(13)7-5-3-4-6-8(7)12(15)16/h3-6,9-11,13-14H,1-2H3/t9-,10-/m1/s1. The molecule has 0 fully saturated rings. The van der Waals surface area contributed by atoms with Gasteiger partial charge in [-0.05, 0) is 6.07 Å². The molecular formula is C11H15NO6. The Labute approximate surface area is 104 Å². The molecule has 0 amide bonds. The summed E-state index contributed by atoms with van der Waals surface area (Å²) in [7, 11) is 2.59. The number of nitro benzene ring substituents is 1. The van der Waals surface area contributed by atoms with Gasteiger partial charge in [0.05, 0.1) is 10.5 Å². The number of hydrogen-bond acceptors (Lipinski definition) is 6. The summed E-state index contributed by atoms with van der Waals surface area (Å²) in [5.41, 5.74) is -0.260. The first-order valence-electron chi connectivity index (χ1n) is 5.18. The Morgan fingerprint density at radius 3 is 2.28 bits per heavy atom. The molecule has 18 heavy (non-hydrogen) atoms. The molecule has 100 valence electrons. The van der Waals surface area contributed by atoms with Crippen LogP contribution in [0.3, 0.4) is 0 Å². The Bertz CT molecular complexity index is 406. The SMILES string of the molecule is COC(OC)[C@H](O)[C@H](O)c1ccccc1[N+](=O)[O-]. The molecule has 0 bridgehead atoms. The second-order valence-electron chi connectivity index (χ2n) is 3.59. The van der Waals surface area contributed by atoms with Gasteiger partial charge in [0, 0.05) is 20.3 Å². The molecule has 1 aromatic carbocycles. The minimum Gasteiger partial charge on any atom is -0.385 e. The molecule has 0 spiro atoms. The molecule has 0 heterocycles. The Balaban J connectivity index is 3.03. The maximum absolute atomic E-state index is 10.8. The molecule has 7 nitrogen and oxygen atoms in total. The zero-order chi connectivity index (χ0) is 13.7. The first kappa shape index (κ1) is 14.5. The van der Waals surface area contributed by atoms with E-state index in [0.29, 0.717) is 0 Å². The van der Waals surface area contributed by atoms with Crippen LogP contribution in [0.5, 0.6) is 0 Å². The molecule has 7 heteroatoms. The van der Waals surface area contributed by atoms with Gasteiger partial charge in [0.15, 0.2) is 6.29 Å². The minimum atomic E-state index is -1.48. The predicted octanol–water partition coefficient (Wildman–Crippen LogP) is 0.608. The molecule has 2 N–H and O–H groups in total. The molecule has 1 rings (SSSR count). The fourth-order valence-electron chi connectivity index (χ4n) is 1.61. The van der Waals surface area contributed by atoms with Crippen molar-refractivity contribution in [3.8, 4) is 0 Å². The van der Waals surface area contributed by atoms with Crippen LogP contribution in [0, 0.1) is 10.1 Å². The minimum absolute atomic E-state index is 0.00843. The number of hydrogen-bond donors (Lipinski definition) is 2. The third-order valence-electron chi connectivity index (χ3n) is 2.52. The van der Waals surface area contributed by atoms with E-state index in [1.165, 1.54) is 38.5 Å². The van der Waals surface area contributed by atoms with Crippen LogP contribution in [0.15, 0.2) is 24.3 Å². The third-order valence-corrected chi connectivity index (χ3v) is 2.52. The van der Waals surface area contributed by atoms with Gasteiger partial charge in [-0.1, -0.05) is 12.1 Å². The zero-order valence-corrected chi connectivity index (χ0v) is 10.0. The predicted molar refractivity (Wildman–Crippen MR) is 61.9 cm³/mol. The van der Waals surface area contributed by atoms with Gasteiger partial charge in [-0.25, -0.2) is 0 Å². The van der Waals surface area contributed by atoms with E-state index in [2.05, 4.69) is 0 Å². The molecular weight excluding hydrogens is 242 g/mol. The molecule has 0 aliphatic rings. The van der Waals surface area contributed by atoms with Gasteiger partial charge in [-0.15, -0.1) is 0 Å². The number of nitro groups is 1. The highest BCUT2D eigenvalue weighted by Crippen LogP contribution is 2.28. The lowest BCUT2D eigenvalue weighted by Crippen LogP contribution is -2.35. The van der Waals surface area contributed by atoms with Crippen LogP contribution >= 0.6 is 0 Å². The largest absolute Gasteiger partial charge is 0.385 e. The van der Waals surface area contributed by atoms with Gasteiger partial charge >= 0.3 is 0 Å². The lowest BCUT2D eigenvalue weighted by Gasteiger charge is -2.24. The highest BCUT2D eigenvalue weighted by molar-refractivity contribution is 5.41. The molecule has 0 saturated carbocycles. The number of nitrogens with zero attached hydrogens (tertiary/aromatic N) is 1. The summed E-state index contributed by atoms with van der Waals surface area (Å²) in [6.07, 6.45) is -3.97. The quantitative estimate of drug-likeness (QED) is 0.439. The highest BCUT2D eigenvalue weighted by atomic mass is 16.7. The van der Waals surface area contributed by atoms with Crippen molar-refractivity contribution in [3.63, 3.8) is 0 Å². The number of aliphatic hydroxyl groups is 2. The van der Waals surface area contributed by atoms with Crippen LogP contribution in [0.25, 0.3) is 0 Å². The number of benzene rings is 1. The maximum atomic E-state index is 10.8. The molecule has 0 saturated heterocycles. The lowest BCUT2D eigenvalue weighted by molar-refractivity contribution is -0.386. The van der Waals surface area contributed by atoms with Crippen molar-refractivity contribution in [3.05, 3.63) is 39.9 Å². The molecule has 0 unspecified atom stereocenters. The summed E-state index contributed by atoms with van der Waals surface area (Å²) >= 11 is 0. The number of ether oxygens (including phenoxy) is 2. The van der Waals surface area contributed by atoms with E-state index in [1.807, 2.05) is 0 Å². The number of para-hydroxylation sites is 1. The smallest absolute Gasteiger partial charge is 0.275 e. The molecule has 0 aliphatic heterocycles. The van der Waals surface area contributed by atoms with Gasteiger partial charge in [0.25, 0.3) is 5.69 Å². The average molecular weight is 257 g/mol. The van der Waals surface area contributed by atoms with E-state index >= 15 is 0 Å². The maximum Gasteiger partial charge on any atom is 0.275 e. The average Bonchev–Trinajstić information content (AvgIpc) is 2.39. The fourth-order valence-corrected chi connectivity index (χ4v) is 1.61. The van der Waals surface area contributed by atoms with E-state index in [0.717, 1.165) is 0 Å². The van der Waals surface area contributed by atoms with Gasteiger partial charge < -0.3 is 19.7 Å². The van der Waals surface area contributed by atoms with Crippen molar-refractivity contribution in [2.24, 2.45) is 0 Å². The summed E-state index contributed by atoms with van der Waals surface area (Å²) in [5.74, 6) is 0. The number of aliphatic hydroxyl groups excluding tert-OH is 2. The molecule has 1 aromatic rings. The van der Waals surface area contributed by atoms with Gasteiger partial charge in [0.2, 0.25) is 0 Å². The summed E-state index contributed by atoms with van der Waals surface area (Å²) in [5, 5.41) is 30.6. The van der Waals surface area contributed by atoms with E-state index in [1.54, 1.807) is 0 Å². The van der Waals surface area contributed by atoms with Gasteiger partial charge in [-0.3, -0.25) is 10.1 Å². The van der Waals surface area contributed by atoms with E-state index < -0.39 is 23.4 Å². The summed E-state index contributed by atoms with van der Waals surface area (Å²) < 4.78 is 9.60. The lowest BCUT2D eigenvalue weighted by atomic mass is 10.0. The summed E-state index contributed by atoms with van der Waals surface area (Å²) in [6.45, 7) is 0. The van der Waals surface area contributed by atoms with E-state index in [-0.39, 0.29) is 11.3 Å². The van der Waals surface area contributed by atoms with Crippen LogP contribution in [-0.2, 0) is 9.47 Å². The highest BCUT2D eigenvalue weighted by Gasteiger charge is 2.31. The monoisotopic (exact) mass is 257 g/mol. The van der Waals surface area contributed by atoms with Crippen molar-refractivity contribution < 1.29 is 24.6 Å². The Morgan fingerprint density at radius 1 is 1.22 bits per heavy atom. The number of rotatable bonds is 6. The number of methoxy groups -OCH3 is 2. The topological polar surface area (TPSA) is 102 Å². The van der Waals surface area contributed by atoms with Crippen LogP contribution in [0.4, 0.5) is 5.69 Å². The summed E-state index contributed by atoms with van der Waals surface area (Å²) in [6, 6.07) is 5.63. The zero-order valence-electron chi connectivity index (χ0n) is 10.0. The van der Waals surface area contributed by atoms with Crippen LogP contribution in [0.2, 0.25) is 0 Å².